The molecule has 4 heterocycles. The van der Waals surface area contributed by atoms with Crippen molar-refractivity contribution in [2.24, 2.45) is 0 Å². The van der Waals surface area contributed by atoms with Crippen LogP contribution in [0, 0.1) is 0 Å². The Labute approximate surface area is 242 Å². The molecule has 9 rings (SSSR count). The number of aromatic nitrogens is 6. The zero-order chi connectivity index (χ0) is 27.6. The largest absolute Gasteiger partial charge is 0.363 e. The van der Waals surface area contributed by atoms with E-state index in [0.717, 1.165) is 59.6 Å². The molecule has 8 nitrogen and oxygen atoms in total. The molecule has 8 heteroatoms. The maximum atomic E-state index is 4.75. The predicted octanol–water partition coefficient (Wildman–Crippen LogP) is 6.19. The van der Waals surface area contributed by atoms with Crippen molar-refractivity contribution in [3.63, 3.8) is 0 Å². The van der Waals surface area contributed by atoms with Crippen LogP contribution in [0.4, 0.5) is 11.4 Å². The average molecular weight is 547 g/mol. The first kappa shape index (κ1) is 23.2. The van der Waals surface area contributed by atoms with Crippen LogP contribution in [0.5, 0.6) is 0 Å². The zero-order valence-electron chi connectivity index (χ0n) is 22.8. The van der Waals surface area contributed by atoms with Gasteiger partial charge in [0.25, 0.3) is 0 Å². The molecule has 0 fully saturated rings. The number of rotatable bonds is 4. The van der Waals surface area contributed by atoms with Crippen LogP contribution >= 0.6 is 0 Å². The first-order chi connectivity index (χ1) is 20.7. The monoisotopic (exact) mass is 546 g/mol. The second-order valence-electron chi connectivity index (χ2n) is 11.1. The summed E-state index contributed by atoms with van der Waals surface area (Å²) in [5.41, 5.74) is 13.5. The summed E-state index contributed by atoms with van der Waals surface area (Å²) in [4.78, 5) is 8.30. The molecular weight excluding hydrogens is 520 g/mol. The molecule has 7 aromatic rings. The van der Waals surface area contributed by atoms with Gasteiger partial charge in [0.2, 0.25) is 0 Å². The molecule has 2 aliphatic heterocycles. The van der Waals surface area contributed by atoms with Gasteiger partial charge in [-0.25, -0.2) is 0 Å². The van der Waals surface area contributed by atoms with Crippen LogP contribution in [0.1, 0.15) is 22.3 Å². The van der Waals surface area contributed by atoms with E-state index in [1.54, 1.807) is 9.59 Å². The fraction of sp³-hybridized carbons (Fsp3) is 0.118. The topological polar surface area (TPSA) is 67.9 Å². The van der Waals surface area contributed by atoms with Gasteiger partial charge in [-0.1, -0.05) is 48.5 Å². The highest BCUT2D eigenvalue weighted by molar-refractivity contribution is 5.80. The Morgan fingerprint density at radius 2 is 0.738 bits per heavy atom. The maximum absolute atomic E-state index is 4.75. The van der Waals surface area contributed by atoms with E-state index >= 15 is 0 Å². The Morgan fingerprint density at radius 3 is 1.14 bits per heavy atom. The summed E-state index contributed by atoms with van der Waals surface area (Å²) in [6.45, 7) is 3.59. The van der Waals surface area contributed by atoms with Gasteiger partial charge in [0.15, 0.2) is 0 Å². The molecule has 5 aromatic carbocycles. The van der Waals surface area contributed by atoms with Crippen molar-refractivity contribution in [1.82, 2.24) is 30.0 Å². The standard InChI is InChI=1S/C34H26N8/c1-3-7-27(8-4-1)41-35-31-13-11-29(17-33(31)37-41)39-19-23-15-25-21-40(22-26(25)16-24(23)20-39)30-12-14-32-34(18-30)38-42(36-32)28-9-5-2-6-10-28/h1-18H,19-22H2. The fourth-order valence-electron chi connectivity index (χ4n) is 6.23. The lowest BCUT2D eigenvalue weighted by molar-refractivity contribution is 0.765. The van der Waals surface area contributed by atoms with Gasteiger partial charge in [-0.15, -0.1) is 20.4 Å². The van der Waals surface area contributed by atoms with Crippen LogP contribution in [-0.2, 0) is 26.2 Å². The Morgan fingerprint density at radius 1 is 0.357 bits per heavy atom. The van der Waals surface area contributed by atoms with Gasteiger partial charge >= 0.3 is 0 Å². The van der Waals surface area contributed by atoms with E-state index in [-0.39, 0.29) is 0 Å². The highest BCUT2D eigenvalue weighted by atomic mass is 15.5. The van der Waals surface area contributed by atoms with E-state index in [2.05, 4.69) is 68.5 Å². The number of anilines is 2. The third-order valence-electron chi connectivity index (χ3n) is 8.40. The third kappa shape index (κ3) is 3.83. The molecule has 0 saturated heterocycles. The van der Waals surface area contributed by atoms with E-state index in [1.165, 1.54) is 33.6 Å². The van der Waals surface area contributed by atoms with Crippen LogP contribution in [0.2, 0.25) is 0 Å². The van der Waals surface area contributed by atoms with Crippen LogP contribution < -0.4 is 9.80 Å². The Kier molecular flexibility index (Phi) is 4.98. The number of nitrogens with zero attached hydrogens (tertiary/aromatic N) is 8. The summed E-state index contributed by atoms with van der Waals surface area (Å²) in [6, 6.07) is 37.7. The van der Waals surface area contributed by atoms with Crippen LogP contribution in [0.25, 0.3) is 33.4 Å². The van der Waals surface area contributed by atoms with Crippen molar-refractivity contribution in [3.8, 4) is 11.4 Å². The summed E-state index contributed by atoms with van der Waals surface area (Å²) >= 11 is 0. The zero-order valence-corrected chi connectivity index (χ0v) is 22.8. The second-order valence-corrected chi connectivity index (χ2v) is 11.1. The lowest BCUT2D eigenvalue weighted by Crippen LogP contribution is -2.15. The van der Waals surface area contributed by atoms with Crippen molar-refractivity contribution in [1.29, 1.82) is 0 Å². The summed E-state index contributed by atoms with van der Waals surface area (Å²) < 4.78 is 0. The first-order valence-electron chi connectivity index (χ1n) is 14.2. The number of hydrogen-bond donors (Lipinski definition) is 0. The minimum absolute atomic E-state index is 0.898. The maximum Gasteiger partial charge on any atom is 0.115 e. The van der Waals surface area contributed by atoms with E-state index in [9.17, 15) is 0 Å². The Balaban J connectivity index is 0.943. The van der Waals surface area contributed by atoms with Gasteiger partial charge < -0.3 is 9.80 Å². The molecule has 0 saturated carbocycles. The minimum Gasteiger partial charge on any atom is -0.363 e. The SMILES string of the molecule is c1ccc(-n2nc3ccc(N4Cc5cc6c(cc5C4)CN(c4ccc5nn(-c7ccccc7)nc5c4)C6)cc3n2)cc1. The molecule has 0 atom stereocenters. The van der Waals surface area contributed by atoms with Crippen LogP contribution in [0.3, 0.4) is 0 Å². The van der Waals surface area contributed by atoms with Gasteiger partial charge in [-0.05, 0) is 82.9 Å². The quantitative estimate of drug-likeness (QED) is 0.262. The van der Waals surface area contributed by atoms with Crippen molar-refractivity contribution >= 4 is 33.4 Å². The van der Waals surface area contributed by atoms with Crippen molar-refractivity contribution in [3.05, 3.63) is 131 Å². The van der Waals surface area contributed by atoms with E-state index in [0.29, 0.717) is 0 Å². The normalized spacial score (nSPS) is 14.2. The Hall–Kier alpha value is -5.50. The van der Waals surface area contributed by atoms with E-state index < -0.39 is 0 Å². The fourth-order valence-corrected chi connectivity index (χ4v) is 6.23. The van der Waals surface area contributed by atoms with Crippen LogP contribution in [0.15, 0.2) is 109 Å². The Bertz CT molecular complexity index is 1930. The molecule has 0 amide bonds. The van der Waals surface area contributed by atoms with Crippen molar-refractivity contribution in [2.75, 3.05) is 9.80 Å². The molecule has 0 radical (unpaired) electrons. The van der Waals surface area contributed by atoms with Gasteiger partial charge in [-0.3, -0.25) is 0 Å². The average Bonchev–Trinajstić information content (AvgIpc) is 3.83. The molecule has 0 aliphatic carbocycles. The molecule has 0 spiro atoms. The van der Waals surface area contributed by atoms with E-state index in [1.807, 2.05) is 60.7 Å². The molecular formula is C34H26N8. The molecule has 0 N–H and O–H groups in total. The molecule has 0 bridgehead atoms. The minimum atomic E-state index is 0.898. The highest BCUT2D eigenvalue weighted by Crippen LogP contribution is 2.36. The van der Waals surface area contributed by atoms with Crippen molar-refractivity contribution in [2.45, 2.75) is 26.2 Å². The molecule has 2 aliphatic rings. The van der Waals surface area contributed by atoms with Crippen LogP contribution in [-0.4, -0.2) is 30.0 Å². The first-order valence-corrected chi connectivity index (χ1v) is 14.2. The van der Waals surface area contributed by atoms with Gasteiger partial charge in [0.1, 0.15) is 22.1 Å². The smallest absolute Gasteiger partial charge is 0.115 e. The highest BCUT2D eigenvalue weighted by Gasteiger charge is 2.26. The predicted molar refractivity (Wildman–Crippen MR) is 164 cm³/mol. The van der Waals surface area contributed by atoms with Crippen molar-refractivity contribution < 1.29 is 0 Å². The summed E-state index contributed by atoms with van der Waals surface area (Å²) in [5, 5.41) is 18.8. The number of benzene rings is 5. The van der Waals surface area contributed by atoms with Gasteiger partial charge in [0.05, 0.1) is 11.4 Å². The van der Waals surface area contributed by atoms with Gasteiger partial charge in [-0.2, -0.15) is 9.59 Å². The lowest BCUT2D eigenvalue weighted by Gasteiger charge is -2.18. The summed E-state index contributed by atoms with van der Waals surface area (Å²) in [5.74, 6) is 0. The van der Waals surface area contributed by atoms with Gasteiger partial charge in [0, 0.05) is 37.6 Å². The molecule has 202 valence electrons. The summed E-state index contributed by atoms with van der Waals surface area (Å²) in [7, 11) is 0. The third-order valence-corrected chi connectivity index (χ3v) is 8.40. The summed E-state index contributed by atoms with van der Waals surface area (Å²) in [6.07, 6.45) is 0. The van der Waals surface area contributed by atoms with E-state index in [4.69, 9.17) is 10.2 Å². The molecule has 0 unspecified atom stereocenters. The molecule has 42 heavy (non-hydrogen) atoms. The number of fused-ring (bicyclic) bond motifs is 4. The number of hydrogen-bond acceptors (Lipinski definition) is 6. The lowest BCUT2D eigenvalue weighted by atomic mass is 10.0. The number of para-hydroxylation sites is 2. The molecule has 2 aromatic heterocycles. The second kappa shape index (κ2) is 9.01.